The highest BCUT2D eigenvalue weighted by Crippen LogP contribution is 2.37. The Morgan fingerprint density at radius 3 is 2.12 bits per heavy atom. The molecule has 4 N–H and O–H groups in total. The molecule has 1 amide bonds. The molecule has 0 heterocycles. The molecule has 2 rings (SSSR count). The Labute approximate surface area is 134 Å². The Bertz CT molecular complexity index is 895. The van der Waals surface area contributed by atoms with Crippen molar-refractivity contribution in [2.45, 2.75) is 11.3 Å². The van der Waals surface area contributed by atoms with Gasteiger partial charge in [0, 0.05) is 11.1 Å². The number of hydrogen-bond acceptors (Lipinski definition) is 4. The fourth-order valence-electron chi connectivity index (χ4n) is 2.15. The first-order chi connectivity index (χ1) is 11.0. The Morgan fingerprint density at radius 1 is 1.00 bits per heavy atom. The third-order valence-corrected chi connectivity index (χ3v) is 3.98. The first-order valence-electron chi connectivity index (χ1n) is 6.31. The molecule has 6 nitrogen and oxygen atoms in total. The van der Waals surface area contributed by atoms with E-state index in [-0.39, 0.29) is 11.1 Å². The van der Waals surface area contributed by atoms with E-state index in [4.69, 9.17) is 10.9 Å². The van der Waals surface area contributed by atoms with E-state index < -0.39 is 38.5 Å². The highest BCUT2D eigenvalue weighted by molar-refractivity contribution is 7.89. The summed E-state index contributed by atoms with van der Waals surface area (Å²) in [5, 5.41) is 5.11. The first kappa shape index (κ1) is 17.8. The monoisotopic (exact) mass is 360 g/mol. The van der Waals surface area contributed by atoms with Gasteiger partial charge in [-0.25, -0.2) is 13.6 Å². The van der Waals surface area contributed by atoms with E-state index >= 15 is 0 Å². The Kier molecular flexibility index (Phi) is 4.54. The SMILES string of the molecule is NC(=O)c1cccc(-c2ccccc2OC(F)(F)F)c1S(N)(=O)=O. The van der Waals surface area contributed by atoms with Crippen molar-refractivity contribution < 1.29 is 31.1 Å². The largest absolute Gasteiger partial charge is 0.573 e. The zero-order valence-corrected chi connectivity index (χ0v) is 12.7. The van der Waals surface area contributed by atoms with Crippen LogP contribution < -0.4 is 15.6 Å². The molecule has 0 saturated carbocycles. The van der Waals surface area contributed by atoms with Crippen LogP contribution in [0, 0.1) is 0 Å². The van der Waals surface area contributed by atoms with Gasteiger partial charge >= 0.3 is 6.36 Å². The zero-order chi connectivity index (χ0) is 18.1. The molecule has 0 aromatic heterocycles. The Hall–Kier alpha value is -2.59. The zero-order valence-electron chi connectivity index (χ0n) is 11.9. The topological polar surface area (TPSA) is 112 Å². The average Bonchev–Trinajstić information content (AvgIpc) is 2.44. The van der Waals surface area contributed by atoms with Crippen LogP contribution in [0.4, 0.5) is 13.2 Å². The Morgan fingerprint density at radius 2 is 1.58 bits per heavy atom. The molecule has 2 aromatic rings. The van der Waals surface area contributed by atoms with Crippen molar-refractivity contribution in [1.82, 2.24) is 0 Å². The second-order valence-corrected chi connectivity index (χ2v) is 6.13. The van der Waals surface area contributed by atoms with Crippen LogP contribution in [0.25, 0.3) is 11.1 Å². The van der Waals surface area contributed by atoms with Gasteiger partial charge in [-0.1, -0.05) is 30.3 Å². The molecule has 0 aliphatic carbocycles. The molecule has 10 heteroatoms. The van der Waals surface area contributed by atoms with Crippen molar-refractivity contribution in [3.8, 4) is 16.9 Å². The van der Waals surface area contributed by atoms with Crippen LogP contribution >= 0.6 is 0 Å². The predicted molar refractivity (Wildman–Crippen MR) is 78.5 cm³/mol. The number of para-hydroxylation sites is 1. The summed E-state index contributed by atoms with van der Waals surface area (Å²) in [6.07, 6.45) is -4.99. The van der Waals surface area contributed by atoms with Crippen molar-refractivity contribution in [2.75, 3.05) is 0 Å². The molecule has 0 aliphatic heterocycles. The van der Waals surface area contributed by atoms with Crippen LogP contribution in [0.1, 0.15) is 10.4 Å². The van der Waals surface area contributed by atoms with Crippen molar-refractivity contribution in [3.63, 3.8) is 0 Å². The van der Waals surface area contributed by atoms with Gasteiger partial charge in [0.1, 0.15) is 10.6 Å². The number of hydrogen-bond donors (Lipinski definition) is 2. The maximum Gasteiger partial charge on any atom is 0.573 e. The summed E-state index contributed by atoms with van der Waals surface area (Å²) in [6.45, 7) is 0. The van der Waals surface area contributed by atoms with Crippen molar-refractivity contribution in [2.24, 2.45) is 10.9 Å². The molecule has 24 heavy (non-hydrogen) atoms. The van der Waals surface area contributed by atoms with Crippen LogP contribution in [0.2, 0.25) is 0 Å². The second-order valence-electron chi connectivity index (χ2n) is 4.64. The third-order valence-electron chi connectivity index (χ3n) is 2.97. The number of ether oxygens (including phenoxy) is 1. The van der Waals surface area contributed by atoms with Gasteiger partial charge in [-0.2, -0.15) is 0 Å². The first-order valence-corrected chi connectivity index (χ1v) is 7.86. The van der Waals surface area contributed by atoms with Gasteiger partial charge in [0.15, 0.2) is 0 Å². The van der Waals surface area contributed by atoms with Gasteiger partial charge < -0.3 is 10.5 Å². The normalized spacial score (nSPS) is 12.0. The number of alkyl halides is 3. The van der Waals surface area contributed by atoms with E-state index in [2.05, 4.69) is 4.74 Å². The van der Waals surface area contributed by atoms with Gasteiger partial charge in [0.05, 0.1) is 5.56 Å². The fraction of sp³-hybridized carbons (Fsp3) is 0.0714. The minimum Gasteiger partial charge on any atom is -0.405 e. The van der Waals surface area contributed by atoms with Crippen LogP contribution in [0.3, 0.4) is 0 Å². The Balaban J connectivity index is 2.80. The molecule has 0 saturated heterocycles. The molecule has 128 valence electrons. The molecule has 0 bridgehead atoms. The second kappa shape index (κ2) is 6.13. The highest BCUT2D eigenvalue weighted by Gasteiger charge is 2.33. The van der Waals surface area contributed by atoms with Gasteiger partial charge in [0.25, 0.3) is 0 Å². The van der Waals surface area contributed by atoms with Gasteiger partial charge in [-0.3, -0.25) is 4.79 Å². The van der Waals surface area contributed by atoms with Crippen molar-refractivity contribution >= 4 is 15.9 Å². The minimum absolute atomic E-state index is 0.207. The summed E-state index contributed by atoms with van der Waals surface area (Å²) in [5.74, 6) is -1.73. The molecule has 0 spiro atoms. The molecule has 0 fully saturated rings. The number of nitrogens with two attached hydrogens (primary N) is 2. The minimum atomic E-state index is -4.99. The molecular formula is C14H11F3N2O4S. The lowest BCUT2D eigenvalue weighted by Gasteiger charge is -2.16. The highest BCUT2D eigenvalue weighted by atomic mass is 32.2. The number of carbonyl (C=O) groups excluding carboxylic acids is 1. The summed E-state index contributed by atoms with van der Waals surface area (Å²) >= 11 is 0. The van der Waals surface area contributed by atoms with Crippen LogP contribution in [0.15, 0.2) is 47.4 Å². The third kappa shape index (κ3) is 3.84. The molecule has 2 aromatic carbocycles. The summed E-state index contributed by atoms with van der Waals surface area (Å²) in [4.78, 5) is 10.8. The molecule has 0 atom stereocenters. The van der Waals surface area contributed by atoms with E-state index in [9.17, 15) is 26.4 Å². The summed E-state index contributed by atoms with van der Waals surface area (Å²) in [7, 11) is -4.46. The lowest BCUT2D eigenvalue weighted by molar-refractivity contribution is -0.274. The van der Waals surface area contributed by atoms with E-state index in [1.807, 2.05) is 0 Å². The number of rotatable bonds is 4. The van der Waals surface area contributed by atoms with Gasteiger partial charge in [-0.05, 0) is 12.1 Å². The molecule has 0 unspecified atom stereocenters. The number of amides is 1. The van der Waals surface area contributed by atoms with Gasteiger partial charge in [0.2, 0.25) is 15.9 Å². The molecular weight excluding hydrogens is 349 g/mol. The standard InChI is InChI=1S/C14H11F3N2O4S/c15-14(16,17)23-11-7-2-1-4-8(11)9-5-3-6-10(13(18)20)12(9)24(19,21)22/h1-7H,(H2,18,20)(H2,19,21,22). The van der Waals surface area contributed by atoms with Crippen LogP contribution in [0.5, 0.6) is 5.75 Å². The van der Waals surface area contributed by atoms with E-state index in [1.54, 1.807) is 0 Å². The average molecular weight is 360 g/mol. The number of sulfonamides is 1. The number of primary sulfonamides is 1. The fourth-order valence-corrected chi connectivity index (χ4v) is 3.11. The smallest absolute Gasteiger partial charge is 0.405 e. The number of carbonyl (C=O) groups is 1. The predicted octanol–water partition coefficient (Wildman–Crippen LogP) is 2.00. The summed E-state index contributed by atoms with van der Waals surface area (Å²) < 4.78 is 65.2. The van der Waals surface area contributed by atoms with Gasteiger partial charge in [-0.15, -0.1) is 13.2 Å². The quantitative estimate of drug-likeness (QED) is 0.868. The van der Waals surface area contributed by atoms with E-state index in [0.29, 0.717) is 0 Å². The lowest BCUT2D eigenvalue weighted by atomic mass is 10.0. The summed E-state index contributed by atoms with van der Waals surface area (Å²) in [5.41, 5.74) is 4.26. The molecule has 0 aliphatic rings. The maximum absolute atomic E-state index is 12.5. The summed E-state index contributed by atoms with van der Waals surface area (Å²) in [6, 6.07) is 8.45. The lowest BCUT2D eigenvalue weighted by Crippen LogP contribution is -2.22. The number of primary amides is 1. The van der Waals surface area contributed by atoms with E-state index in [0.717, 1.165) is 12.1 Å². The molecule has 0 radical (unpaired) electrons. The number of halogens is 3. The maximum atomic E-state index is 12.5. The number of benzene rings is 2. The van der Waals surface area contributed by atoms with Crippen molar-refractivity contribution in [1.29, 1.82) is 0 Å². The van der Waals surface area contributed by atoms with Crippen LogP contribution in [-0.2, 0) is 10.0 Å². The van der Waals surface area contributed by atoms with E-state index in [1.165, 1.54) is 30.3 Å². The van der Waals surface area contributed by atoms with Crippen LogP contribution in [-0.4, -0.2) is 20.7 Å². The van der Waals surface area contributed by atoms with Crippen molar-refractivity contribution in [3.05, 3.63) is 48.0 Å².